The van der Waals surface area contributed by atoms with E-state index in [-0.39, 0.29) is 0 Å². The largest absolute Gasteiger partial charge is 0.287 e. The molecule has 0 N–H and O–H groups in total. The lowest BCUT2D eigenvalue weighted by Crippen LogP contribution is -1.89. The summed E-state index contributed by atoms with van der Waals surface area (Å²) in [7, 11) is 0. The second-order valence-corrected chi connectivity index (χ2v) is 5.17. The van der Waals surface area contributed by atoms with Crippen LogP contribution >= 0.6 is 12.3 Å². The van der Waals surface area contributed by atoms with Gasteiger partial charge in [0.2, 0.25) is 0 Å². The van der Waals surface area contributed by atoms with Crippen LogP contribution in [0.2, 0.25) is 0 Å². The van der Waals surface area contributed by atoms with Crippen molar-refractivity contribution in [3.8, 4) is 0 Å². The van der Waals surface area contributed by atoms with E-state index in [0.717, 1.165) is 23.5 Å². The van der Waals surface area contributed by atoms with Crippen molar-refractivity contribution < 1.29 is 8.37 Å². The van der Waals surface area contributed by atoms with E-state index in [2.05, 4.69) is 62.4 Å². The van der Waals surface area contributed by atoms with Crippen molar-refractivity contribution in [1.82, 2.24) is 0 Å². The third-order valence-electron chi connectivity index (χ3n) is 2.79. The molecule has 0 saturated carbocycles. The smallest absolute Gasteiger partial charge is 0.159 e. The Balaban J connectivity index is 1.64. The maximum absolute atomic E-state index is 5.40. The predicted molar refractivity (Wildman–Crippen MR) is 79.5 cm³/mol. The molecule has 0 amide bonds. The Hall–Kier alpha value is -1.29. The molecule has 2 aromatic rings. The lowest BCUT2D eigenvalue weighted by atomic mass is 10.2. The molecule has 0 heterocycles. The predicted octanol–water partition coefficient (Wildman–Crippen LogP) is 4.60. The van der Waals surface area contributed by atoms with E-state index in [1.54, 1.807) is 0 Å². The fraction of sp³-hybridized carbons (Fsp3) is 0.250. The average Bonchev–Trinajstić information content (AvgIpc) is 2.43. The minimum atomic E-state index is 0.554. The van der Waals surface area contributed by atoms with Crippen LogP contribution in [0, 0.1) is 13.8 Å². The van der Waals surface area contributed by atoms with Crippen LogP contribution in [0.1, 0.15) is 22.3 Å². The number of hydrogen-bond acceptors (Lipinski definition) is 3. The lowest BCUT2D eigenvalue weighted by molar-refractivity contribution is 0.273. The zero-order valence-electron chi connectivity index (χ0n) is 11.3. The van der Waals surface area contributed by atoms with Gasteiger partial charge in [0.15, 0.2) is 12.3 Å². The molecule has 100 valence electrons. The first-order chi connectivity index (χ1) is 9.24. The third-order valence-corrected chi connectivity index (χ3v) is 3.22. The summed E-state index contributed by atoms with van der Waals surface area (Å²) >= 11 is 1.05. The molecule has 0 saturated heterocycles. The first-order valence-electron chi connectivity index (χ1n) is 6.26. The standard InChI is InChI=1S/C16H18O2S/c1-13-3-7-15(8-4-13)11-17-19-18-12-16-9-5-14(2)6-10-16/h3-10H,11-12H2,1-2H3. The number of hydrogen-bond donors (Lipinski definition) is 0. The van der Waals surface area contributed by atoms with E-state index in [4.69, 9.17) is 8.37 Å². The van der Waals surface area contributed by atoms with Crippen molar-refractivity contribution in [1.29, 1.82) is 0 Å². The molecule has 0 aromatic heterocycles. The Bertz CT molecular complexity index is 444. The Labute approximate surface area is 119 Å². The summed E-state index contributed by atoms with van der Waals surface area (Å²) in [5.41, 5.74) is 4.81. The van der Waals surface area contributed by atoms with Crippen LogP contribution in [0.25, 0.3) is 0 Å². The van der Waals surface area contributed by atoms with Gasteiger partial charge < -0.3 is 0 Å². The van der Waals surface area contributed by atoms with Gasteiger partial charge in [-0.15, -0.1) is 0 Å². The number of rotatable bonds is 6. The molecule has 19 heavy (non-hydrogen) atoms. The quantitative estimate of drug-likeness (QED) is 0.566. The molecule has 2 aromatic carbocycles. The van der Waals surface area contributed by atoms with Crippen molar-refractivity contribution in [3.63, 3.8) is 0 Å². The number of benzene rings is 2. The number of aryl methyl sites for hydroxylation is 2. The van der Waals surface area contributed by atoms with Crippen LogP contribution in [0.4, 0.5) is 0 Å². The highest BCUT2D eigenvalue weighted by Crippen LogP contribution is 2.14. The molecule has 0 spiro atoms. The van der Waals surface area contributed by atoms with Gasteiger partial charge in [0.05, 0.1) is 13.2 Å². The zero-order valence-corrected chi connectivity index (χ0v) is 12.1. The summed E-state index contributed by atoms with van der Waals surface area (Å²) in [6.07, 6.45) is 0. The highest BCUT2D eigenvalue weighted by molar-refractivity contribution is 7.89. The molecular weight excluding hydrogens is 256 g/mol. The van der Waals surface area contributed by atoms with E-state index in [9.17, 15) is 0 Å². The van der Waals surface area contributed by atoms with Gasteiger partial charge >= 0.3 is 0 Å². The van der Waals surface area contributed by atoms with Crippen LogP contribution in [-0.4, -0.2) is 0 Å². The van der Waals surface area contributed by atoms with Crippen LogP contribution in [-0.2, 0) is 21.6 Å². The normalized spacial score (nSPS) is 10.6. The van der Waals surface area contributed by atoms with Crippen LogP contribution in [0.3, 0.4) is 0 Å². The van der Waals surface area contributed by atoms with E-state index in [0.29, 0.717) is 13.2 Å². The summed E-state index contributed by atoms with van der Waals surface area (Å²) in [5, 5.41) is 0. The van der Waals surface area contributed by atoms with Gasteiger partial charge in [-0.3, -0.25) is 8.37 Å². The molecule has 0 fully saturated rings. The van der Waals surface area contributed by atoms with E-state index >= 15 is 0 Å². The SMILES string of the molecule is Cc1ccc(COSOCc2ccc(C)cc2)cc1. The highest BCUT2D eigenvalue weighted by atomic mass is 32.2. The van der Waals surface area contributed by atoms with Gasteiger partial charge in [0.25, 0.3) is 0 Å². The zero-order chi connectivity index (χ0) is 13.5. The Morgan fingerprint density at radius 2 is 1.05 bits per heavy atom. The van der Waals surface area contributed by atoms with Crippen molar-refractivity contribution in [2.45, 2.75) is 27.1 Å². The van der Waals surface area contributed by atoms with Crippen molar-refractivity contribution in [2.24, 2.45) is 0 Å². The highest BCUT2D eigenvalue weighted by Gasteiger charge is 1.96. The van der Waals surface area contributed by atoms with Crippen molar-refractivity contribution in [3.05, 3.63) is 70.8 Å². The Morgan fingerprint density at radius 3 is 1.42 bits per heavy atom. The van der Waals surface area contributed by atoms with Crippen LogP contribution in [0.15, 0.2) is 48.5 Å². The summed E-state index contributed by atoms with van der Waals surface area (Å²) < 4.78 is 10.8. The molecule has 0 aliphatic rings. The molecule has 0 unspecified atom stereocenters. The second-order valence-electron chi connectivity index (χ2n) is 4.56. The van der Waals surface area contributed by atoms with Crippen molar-refractivity contribution in [2.75, 3.05) is 0 Å². The van der Waals surface area contributed by atoms with Gasteiger partial charge in [-0.2, -0.15) is 0 Å². The van der Waals surface area contributed by atoms with E-state index in [1.807, 2.05) is 0 Å². The van der Waals surface area contributed by atoms with Gasteiger partial charge in [-0.05, 0) is 25.0 Å². The molecule has 0 atom stereocenters. The fourth-order valence-corrected chi connectivity index (χ4v) is 2.02. The van der Waals surface area contributed by atoms with Crippen LogP contribution < -0.4 is 0 Å². The second kappa shape index (κ2) is 7.34. The van der Waals surface area contributed by atoms with E-state index < -0.39 is 0 Å². The van der Waals surface area contributed by atoms with Gasteiger partial charge in [-0.25, -0.2) is 0 Å². The minimum absolute atomic E-state index is 0.554. The van der Waals surface area contributed by atoms with E-state index in [1.165, 1.54) is 11.1 Å². The summed E-state index contributed by atoms with van der Waals surface area (Å²) in [6.45, 7) is 5.26. The molecule has 0 aliphatic carbocycles. The summed E-state index contributed by atoms with van der Waals surface area (Å²) in [4.78, 5) is 0. The molecule has 0 radical (unpaired) electrons. The molecule has 0 aliphatic heterocycles. The molecule has 3 heteroatoms. The lowest BCUT2D eigenvalue weighted by Gasteiger charge is -2.04. The van der Waals surface area contributed by atoms with Crippen LogP contribution in [0.5, 0.6) is 0 Å². The Morgan fingerprint density at radius 1 is 0.684 bits per heavy atom. The molecule has 2 rings (SSSR count). The topological polar surface area (TPSA) is 18.5 Å². The summed E-state index contributed by atoms with van der Waals surface area (Å²) in [6, 6.07) is 16.6. The maximum atomic E-state index is 5.40. The van der Waals surface area contributed by atoms with Crippen molar-refractivity contribution >= 4 is 12.3 Å². The van der Waals surface area contributed by atoms with Gasteiger partial charge in [0, 0.05) is 0 Å². The first-order valence-corrected chi connectivity index (χ1v) is 6.93. The fourth-order valence-electron chi connectivity index (χ4n) is 1.59. The molecule has 0 bridgehead atoms. The average molecular weight is 274 g/mol. The Kier molecular flexibility index (Phi) is 5.45. The molecular formula is C16H18O2S. The third kappa shape index (κ3) is 5.07. The molecule has 2 nitrogen and oxygen atoms in total. The van der Waals surface area contributed by atoms with Gasteiger partial charge in [0.1, 0.15) is 0 Å². The maximum Gasteiger partial charge on any atom is 0.159 e. The summed E-state index contributed by atoms with van der Waals surface area (Å²) in [5.74, 6) is 0. The first kappa shape index (κ1) is 14.1. The monoisotopic (exact) mass is 274 g/mol. The minimum Gasteiger partial charge on any atom is -0.287 e. The van der Waals surface area contributed by atoms with Gasteiger partial charge in [-0.1, -0.05) is 59.7 Å².